The molecule has 1 amide bonds. The highest BCUT2D eigenvalue weighted by atomic mass is 35.5. The summed E-state index contributed by atoms with van der Waals surface area (Å²) >= 11 is 6.12. The molecule has 0 spiro atoms. The van der Waals surface area contributed by atoms with Gasteiger partial charge in [0.15, 0.2) is 0 Å². The number of benzene rings is 2. The fourth-order valence-electron chi connectivity index (χ4n) is 3.18. The fraction of sp³-hybridized carbons (Fsp3) is 0.0952. The summed E-state index contributed by atoms with van der Waals surface area (Å²) < 4.78 is 6.74. The van der Waals surface area contributed by atoms with Crippen molar-refractivity contribution >= 4 is 35.0 Å². The molecule has 152 valence electrons. The monoisotopic (exact) mass is 424 g/mol. The number of carbonyl (C=O) groups is 2. The van der Waals surface area contributed by atoms with Crippen molar-refractivity contribution in [2.24, 2.45) is 0 Å². The van der Waals surface area contributed by atoms with E-state index in [1.165, 1.54) is 6.20 Å². The van der Waals surface area contributed by atoms with Crippen LogP contribution in [-0.4, -0.2) is 33.9 Å². The number of para-hydroxylation sites is 1. The number of fused-ring (bicyclic) bond motifs is 1. The van der Waals surface area contributed by atoms with Gasteiger partial charge in [-0.05, 0) is 35.9 Å². The average molecular weight is 425 g/mol. The first-order valence-corrected chi connectivity index (χ1v) is 9.35. The summed E-state index contributed by atoms with van der Waals surface area (Å²) in [5.74, 6) is -0.647. The van der Waals surface area contributed by atoms with Crippen LogP contribution in [0.4, 0.5) is 11.5 Å². The molecule has 1 aliphatic rings. The molecule has 2 aromatic carbocycles. The van der Waals surface area contributed by atoms with E-state index in [9.17, 15) is 14.7 Å². The lowest BCUT2D eigenvalue weighted by atomic mass is 10.0. The van der Waals surface area contributed by atoms with E-state index in [0.29, 0.717) is 16.5 Å². The number of nitrogens with zero attached hydrogens (tertiary/aromatic N) is 2. The summed E-state index contributed by atoms with van der Waals surface area (Å²) in [6.45, 7) is 0. The highest BCUT2D eigenvalue weighted by molar-refractivity contribution is 6.34. The van der Waals surface area contributed by atoms with Gasteiger partial charge in [-0.1, -0.05) is 35.9 Å². The van der Waals surface area contributed by atoms with Crippen molar-refractivity contribution in [3.8, 4) is 5.75 Å². The van der Waals surface area contributed by atoms with Gasteiger partial charge in [-0.2, -0.15) is 5.10 Å². The van der Waals surface area contributed by atoms with Crippen LogP contribution in [0.25, 0.3) is 0 Å². The number of methoxy groups -OCH3 is 1. The molecule has 30 heavy (non-hydrogen) atoms. The van der Waals surface area contributed by atoms with Crippen molar-refractivity contribution in [2.75, 3.05) is 17.7 Å². The maximum atomic E-state index is 12.9. The molecule has 1 unspecified atom stereocenters. The summed E-state index contributed by atoms with van der Waals surface area (Å²) in [7, 11) is 1.57. The topological polar surface area (TPSA) is 105 Å². The minimum atomic E-state index is -1.14. The van der Waals surface area contributed by atoms with Gasteiger partial charge in [-0.25, -0.2) is 9.48 Å². The summed E-state index contributed by atoms with van der Waals surface area (Å²) in [4.78, 5) is 24.5. The molecule has 4 rings (SSSR count). The van der Waals surface area contributed by atoms with Crippen LogP contribution in [0, 0.1) is 0 Å². The highest BCUT2D eigenvalue weighted by Gasteiger charge is 2.29. The molecular formula is C21H17ClN4O4. The van der Waals surface area contributed by atoms with E-state index in [4.69, 9.17) is 16.3 Å². The van der Waals surface area contributed by atoms with Gasteiger partial charge in [0.2, 0.25) is 0 Å². The van der Waals surface area contributed by atoms with E-state index >= 15 is 0 Å². The van der Waals surface area contributed by atoms with E-state index in [1.54, 1.807) is 54.3 Å². The second-order valence-electron chi connectivity index (χ2n) is 6.51. The van der Waals surface area contributed by atoms with E-state index in [0.717, 1.165) is 5.56 Å². The van der Waals surface area contributed by atoms with Crippen molar-refractivity contribution < 1.29 is 19.4 Å². The fourth-order valence-corrected chi connectivity index (χ4v) is 3.36. The number of halogens is 1. The van der Waals surface area contributed by atoms with Crippen molar-refractivity contribution in [1.29, 1.82) is 0 Å². The van der Waals surface area contributed by atoms with Gasteiger partial charge in [0.25, 0.3) is 5.91 Å². The summed E-state index contributed by atoms with van der Waals surface area (Å²) in [6.07, 6.45) is 2.93. The number of hydrogen-bond donors (Lipinski definition) is 3. The summed E-state index contributed by atoms with van der Waals surface area (Å²) in [6, 6.07) is 13.5. The smallest absolute Gasteiger partial charge is 0.352 e. The van der Waals surface area contributed by atoms with Crippen LogP contribution in [0.1, 0.15) is 22.0 Å². The Kier molecular flexibility index (Phi) is 5.16. The molecule has 3 aromatic rings. The first-order valence-electron chi connectivity index (χ1n) is 8.97. The molecule has 1 atom stereocenters. The van der Waals surface area contributed by atoms with Gasteiger partial charge in [-0.3, -0.25) is 4.79 Å². The average Bonchev–Trinajstić information content (AvgIpc) is 3.19. The minimum Gasteiger partial charge on any atom is -0.497 e. The van der Waals surface area contributed by atoms with Crippen LogP contribution >= 0.6 is 11.6 Å². The second kappa shape index (κ2) is 7.92. The normalized spacial score (nSPS) is 14.9. The molecular weight excluding hydrogens is 408 g/mol. The lowest BCUT2D eigenvalue weighted by molar-refractivity contribution is -0.132. The van der Waals surface area contributed by atoms with Crippen LogP contribution in [-0.2, 0) is 4.79 Å². The molecule has 2 heterocycles. The Labute approximate surface area is 176 Å². The number of carboxylic acid groups (broad SMARTS) is 1. The van der Waals surface area contributed by atoms with Crippen LogP contribution in [0.5, 0.6) is 5.75 Å². The number of ether oxygens (including phenoxy) is 1. The molecule has 0 radical (unpaired) electrons. The Balaban J connectivity index is 1.72. The number of nitrogens with one attached hydrogen (secondary N) is 2. The Morgan fingerprint density at radius 2 is 1.93 bits per heavy atom. The number of allylic oxidation sites excluding steroid dienone is 1. The van der Waals surface area contributed by atoms with Crippen molar-refractivity contribution in [3.63, 3.8) is 0 Å². The first kappa shape index (κ1) is 19.5. The van der Waals surface area contributed by atoms with Crippen LogP contribution in [0.3, 0.4) is 0 Å². The SMILES string of the molecule is COc1ccc(C2C=C(C(=O)O)Nc3c(C(=O)Nc4ccccc4Cl)cnn32)cc1. The molecule has 0 saturated heterocycles. The lowest BCUT2D eigenvalue weighted by Gasteiger charge is -2.24. The van der Waals surface area contributed by atoms with E-state index in [-0.39, 0.29) is 17.1 Å². The number of anilines is 2. The van der Waals surface area contributed by atoms with Gasteiger partial charge < -0.3 is 20.5 Å². The summed E-state index contributed by atoms with van der Waals surface area (Å²) in [5.41, 5.74) is 1.38. The minimum absolute atomic E-state index is 0.0457. The second-order valence-corrected chi connectivity index (χ2v) is 6.92. The van der Waals surface area contributed by atoms with E-state index in [2.05, 4.69) is 15.7 Å². The number of aromatic nitrogens is 2. The van der Waals surface area contributed by atoms with Gasteiger partial charge in [0.1, 0.15) is 22.8 Å². The molecule has 8 nitrogen and oxygen atoms in total. The predicted molar refractivity (Wildman–Crippen MR) is 112 cm³/mol. The third-order valence-electron chi connectivity index (χ3n) is 4.69. The molecule has 1 aromatic heterocycles. The zero-order valence-corrected chi connectivity index (χ0v) is 16.6. The Bertz CT molecular complexity index is 1150. The highest BCUT2D eigenvalue weighted by Crippen LogP contribution is 2.33. The van der Waals surface area contributed by atoms with Crippen LogP contribution in [0.15, 0.2) is 66.5 Å². The van der Waals surface area contributed by atoms with Crippen molar-refractivity contribution in [3.05, 3.63) is 82.7 Å². The molecule has 0 aliphatic carbocycles. The Hall–Kier alpha value is -3.78. The standard InChI is InChI=1S/C21H17ClN4O4/c1-30-13-8-6-12(7-9-13)18-10-17(21(28)29)24-19-14(11-23-26(18)19)20(27)25-16-5-3-2-4-15(16)22/h2-11,18,24H,1H3,(H,25,27)(H,28,29). The number of carbonyl (C=O) groups excluding carboxylic acids is 1. The van der Waals surface area contributed by atoms with Gasteiger partial charge >= 0.3 is 5.97 Å². The third kappa shape index (κ3) is 3.60. The van der Waals surface area contributed by atoms with E-state index < -0.39 is 17.9 Å². The Morgan fingerprint density at radius 1 is 1.20 bits per heavy atom. The molecule has 3 N–H and O–H groups in total. The largest absolute Gasteiger partial charge is 0.497 e. The quantitative estimate of drug-likeness (QED) is 0.575. The van der Waals surface area contributed by atoms with Gasteiger partial charge in [0, 0.05) is 0 Å². The number of amides is 1. The molecule has 1 aliphatic heterocycles. The van der Waals surface area contributed by atoms with Gasteiger partial charge in [-0.15, -0.1) is 0 Å². The zero-order chi connectivity index (χ0) is 21.3. The van der Waals surface area contributed by atoms with Crippen LogP contribution in [0.2, 0.25) is 5.02 Å². The number of rotatable bonds is 5. The number of aliphatic carboxylic acids is 1. The molecule has 0 fully saturated rings. The lowest BCUT2D eigenvalue weighted by Crippen LogP contribution is -2.25. The summed E-state index contributed by atoms with van der Waals surface area (Å²) in [5, 5.41) is 19.8. The van der Waals surface area contributed by atoms with Crippen molar-refractivity contribution in [1.82, 2.24) is 9.78 Å². The van der Waals surface area contributed by atoms with Gasteiger partial charge in [0.05, 0.1) is 30.1 Å². The first-order chi connectivity index (χ1) is 14.5. The van der Waals surface area contributed by atoms with E-state index in [1.807, 2.05) is 12.1 Å². The molecule has 0 bridgehead atoms. The maximum absolute atomic E-state index is 12.9. The number of carboxylic acids is 1. The predicted octanol–water partition coefficient (Wildman–Crippen LogP) is 3.78. The third-order valence-corrected chi connectivity index (χ3v) is 5.02. The number of hydrogen-bond acceptors (Lipinski definition) is 5. The maximum Gasteiger partial charge on any atom is 0.352 e. The van der Waals surface area contributed by atoms with Crippen LogP contribution < -0.4 is 15.4 Å². The Morgan fingerprint density at radius 3 is 2.60 bits per heavy atom. The molecule has 9 heteroatoms. The zero-order valence-electron chi connectivity index (χ0n) is 15.8. The molecule has 0 saturated carbocycles. The van der Waals surface area contributed by atoms with Crippen molar-refractivity contribution in [2.45, 2.75) is 6.04 Å².